The van der Waals surface area contributed by atoms with Crippen molar-refractivity contribution in [1.82, 2.24) is 9.97 Å². The minimum absolute atomic E-state index is 0.920. The van der Waals surface area contributed by atoms with E-state index in [0.29, 0.717) is 0 Å². The molecule has 2 heterocycles. The summed E-state index contributed by atoms with van der Waals surface area (Å²) in [6, 6.07) is 14.5. The van der Waals surface area contributed by atoms with Gasteiger partial charge in [-0.25, -0.2) is 4.98 Å². The van der Waals surface area contributed by atoms with Crippen LogP contribution < -0.4 is 5.32 Å². The molecule has 0 spiro atoms. The number of para-hydroxylation sites is 1. The molecule has 3 nitrogen and oxygen atoms in total. The number of benzene rings is 2. The van der Waals surface area contributed by atoms with Crippen LogP contribution in [0.1, 0.15) is 5.56 Å². The number of thiazole rings is 1. The number of pyridine rings is 1. The highest BCUT2D eigenvalue weighted by Gasteiger charge is 2.07. The smallest absolute Gasteiger partial charge is 0.188 e. The van der Waals surface area contributed by atoms with E-state index in [9.17, 15) is 0 Å². The SMILES string of the molecule is Cc1cccc2sc(Nc3cccc4cnccc34)nc12. The molecular formula is C17H13N3S. The van der Waals surface area contributed by atoms with E-state index in [1.54, 1.807) is 11.3 Å². The monoisotopic (exact) mass is 291 g/mol. The van der Waals surface area contributed by atoms with Gasteiger partial charge in [-0.3, -0.25) is 4.98 Å². The lowest BCUT2D eigenvalue weighted by atomic mass is 10.1. The molecule has 4 rings (SSSR count). The van der Waals surface area contributed by atoms with Gasteiger partial charge in [0.25, 0.3) is 0 Å². The zero-order chi connectivity index (χ0) is 14.2. The molecule has 0 radical (unpaired) electrons. The topological polar surface area (TPSA) is 37.8 Å². The van der Waals surface area contributed by atoms with Crippen molar-refractivity contribution in [2.45, 2.75) is 6.92 Å². The summed E-state index contributed by atoms with van der Waals surface area (Å²) in [7, 11) is 0. The number of rotatable bonds is 2. The molecule has 0 amide bonds. The van der Waals surface area contributed by atoms with Crippen molar-refractivity contribution in [2.75, 3.05) is 5.32 Å². The number of nitrogens with zero attached hydrogens (tertiary/aromatic N) is 2. The van der Waals surface area contributed by atoms with E-state index in [2.05, 4.69) is 47.6 Å². The Kier molecular flexibility index (Phi) is 2.82. The summed E-state index contributed by atoms with van der Waals surface area (Å²) >= 11 is 1.68. The minimum Gasteiger partial charge on any atom is -0.331 e. The van der Waals surface area contributed by atoms with Crippen molar-refractivity contribution in [3.05, 3.63) is 60.4 Å². The highest BCUT2D eigenvalue weighted by molar-refractivity contribution is 7.22. The van der Waals surface area contributed by atoms with Crippen LogP contribution >= 0.6 is 11.3 Å². The molecule has 0 bridgehead atoms. The summed E-state index contributed by atoms with van der Waals surface area (Å²) in [5.41, 5.74) is 3.34. The maximum atomic E-state index is 4.71. The van der Waals surface area contributed by atoms with Crippen molar-refractivity contribution < 1.29 is 0 Å². The van der Waals surface area contributed by atoms with E-state index in [0.717, 1.165) is 27.1 Å². The fourth-order valence-electron chi connectivity index (χ4n) is 2.49. The fraction of sp³-hybridized carbons (Fsp3) is 0.0588. The molecule has 4 aromatic rings. The quantitative estimate of drug-likeness (QED) is 0.571. The van der Waals surface area contributed by atoms with Crippen LogP contribution in [0.15, 0.2) is 54.9 Å². The van der Waals surface area contributed by atoms with Gasteiger partial charge in [0, 0.05) is 28.9 Å². The van der Waals surface area contributed by atoms with E-state index in [1.807, 2.05) is 24.5 Å². The number of aryl methyl sites for hydroxylation is 1. The molecule has 0 saturated carbocycles. The molecule has 2 aromatic heterocycles. The molecule has 1 N–H and O–H groups in total. The average molecular weight is 291 g/mol. The zero-order valence-corrected chi connectivity index (χ0v) is 12.3. The highest BCUT2D eigenvalue weighted by atomic mass is 32.1. The Morgan fingerprint density at radius 1 is 1.05 bits per heavy atom. The molecule has 0 atom stereocenters. The molecule has 0 aliphatic rings. The van der Waals surface area contributed by atoms with Gasteiger partial charge in [0.1, 0.15) is 0 Å². The summed E-state index contributed by atoms with van der Waals surface area (Å²) in [5.74, 6) is 0. The maximum Gasteiger partial charge on any atom is 0.188 e. The van der Waals surface area contributed by atoms with E-state index in [1.165, 1.54) is 10.3 Å². The maximum absolute atomic E-state index is 4.71. The van der Waals surface area contributed by atoms with Gasteiger partial charge in [-0.2, -0.15) is 0 Å². The number of hydrogen-bond donors (Lipinski definition) is 1. The molecule has 2 aromatic carbocycles. The molecule has 102 valence electrons. The lowest BCUT2D eigenvalue weighted by Crippen LogP contribution is -1.90. The van der Waals surface area contributed by atoms with Crippen LogP contribution in [0, 0.1) is 6.92 Å². The van der Waals surface area contributed by atoms with Gasteiger partial charge < -0.3 is 5.32 Å². The van der Waals surface area contributed by atoms with Crippen molar-refractivity contribution in [1.29, 1.82) is 0 Å². The van der Waals surface area contributed by atoms with Crippen LogP contribution in [0.4, 0.5) is 10.8 Å². The summed E-state index contributed by atoms with van der Waals surface area (Å²) in [6.07, 6.45) is 3.69. The second kappa shape index (κ2) is 4.82. The predicted molar refractivity (Wildman–Crippen MR) is 89.4 cm³/mol. The standard InChI is InChI=1S/C17H13N3S/c1-11-4-2-7-15-16(11)20-17(21-15)19-14-6-3-5-12-10-18-9-8-13(12)14/h2-10H,1H3,(H,19,20). The number of nitrogens with one attached hydrogen (secondary N) is 1. The predicted octanol–water partition coefficient (Wildman–Crippen LogP) is 4.90. The first-order valence-corrected chi connectivity index (χ1v) is 7.59. The van der Waals surface area contributed by atoms with Crippen LogP contribution in [0.25, 0.3) is 21.0 Å². The minimum atomic E-state index is 0.920. The number of fused-ring (bicyclic) bond motifs is 2. The normalized spacial score (nSPS) is 11.1. The second-order valence-corrected chi connectivity index (χ2v) is 6.00. The summed E-state index contributed by atoms with van der Waals surface area (Å²) in [5, 5.41) is 6.64. The van der Waals surface area contributed by atoms with E-state index >= 15 is 0 Å². The summed E-state index contributed by atoms with van der Waals surface area (Å²) in [6.45, 7) is 2.09. The van der Waals surface area contributed by atoms with E-state index in [4.69, 9.17) is 4.98 Å². The van der Waals surface area contributed by atoms with Gasteiger partial charge in [0.2, 0.25) is 0 Å². The fourth-order valence-corrected chi connectivity index (χ4v) is 3.44. The first-order valence-electron chi connectivity index (χ1n) is 6.77. The average Bonchev–Trinajstić information content (AvgIpc) is 2.92. The van der Waals surface area contributed by atoms with Crippen LogP contribution in [0.2, 0.25) is 0 Å². The Morgan fingerprint density at radius 2 is 1.95 bits per heavy atom. The molecule has 0 aliphatic heterocycles. The number of anilines is 2. The van der Waals surface area contributed by atoms with E-state index < -0.39 is 0 Å². The Balaban J connectivity index is 1.81. The van der Waals surface area contributed by atoms with Crippen LogP contribution in [-0.4, -0.2) is 9.97 Å². The molecule has 21 heavy (non-hydrogen) atoms. The first kappa shape index (κ1) is 12.3. The molecule has 0 saturated heterocycles. The number of hydrogen-bond acceptors (Lipinski definition) is 4. The van der Waals surface area contributed by atoms with Crippen LogP contribution in [0.5, 0.6) is 0 Å². The van der Waals surface area contributed by atoms with Gasteiger partial charge in [0.15, 0.2) is 5.13 Å². The highest BCUT2D eigenvalue weighted by Crippen LogP contribution is 2.32. The molecule has 0 aliphatic carbocycles. The van der Waals surface area contributed by atoms with Gasteiger partial charge in [-0.05, 0) is 30.7 Å². The van der Waals surface area contributed by atoms with Crippen molar-refractivity contribution in [3.63, 3.8) is 0 Å². The Labute approximate surface area is 126 Å². The third-order valence-corrected chi connectivity index (χ3v) is 4.48. The Morgan fingerprint density at radius 3 is 2.86 bits per heavy atom. The summed E-state index contributed by atoms with van der Waals surface area (Å²) in [4.78, 5) is 8.87. The van der Waals surface area contributed by atoms with Crippen LogP contribution in [-0.2, 0) is 0 Å². The molecule has 4 heteroatoms. The van der Waals surface area contributed by atoms with Crippen LogP contribution in [0.3, 0.4) is 0 Å². The largest absolute Gasteiger partial charge is 0.331 e. The first-order chi connectivity index (χ1) is 10.3. The summed E-state index contributed by atoms with van der Waals surface area (Å²) < 4.78 is 1.21. The van der Waals surface area contributed by atoms with Crippen molar-refractivity contribution in [2.24, 2.45) is 0 Å². The lowest BCUT2D eigenvalue weighted by molar-refractivity contribution is 1.36. The third kappa shape index (κ3) is 2.14. The zero-order valence-electron chi connectivity index (χ0n) is 11.5. The third-order valence-electron chi connectivity index (χ3n) is 3.54. The van der Waals surface area contributed by atoms with Gasteiger partial charge >= 0.3 is 0 Å². The Hall–Kier alpha value is -2.46. The van der Waals surface area contributed by atoms with Crippen molar-refractivity contribution >= 4 is 43.1 Å². The lowest BCUT2D eigenvalue weighted by Gasteiger charge is -2.06. The Bertz CT molecular complexity index is 938. The van der Waals surface area contributed by atoms with Gasteiger partial charge in [-0.1, -0.05) is 35.6 Å². The van der Waals surface area contributed by atoms with Crippen molar-refractivity contribution in [3.8, 4) is 0 Å². The van der Waals surface area contributed by atoms with E-state index in [-0.39, 0.29) is 0 Å². The van der Waals surface area contributed by atoms with Gasteiger partial charge in [-0.15, -0.1) is 0 Å². The second-order valence-electron chi connectivity index (χ2n) is 4.97. The molecule has 0 unspecified atom stereocenters. The number of aromatic nitrogens is 2. The molecular weight excluding hydrogens is 278 g/mol. The van der Waals surface area contributed by atoms with Gasteiger partial charge in [0.05, 0.1) is 10.2 Å². The molecule has 0 fully saturated rings.